The number of aromatic nitrogens is 2. The fourth-order valence-corrected chi connectivity index (χ4v) is 3.55. The maximum Gasteiger partial charge on any atom is 0.166 e. The van der Waals surface area contributed by atoms with Gasteiger partial charge in [-0.1, -0.05) is 11.8 Å². The third-order valence-corrected chi connectivity index (χ3v) is 4.61. The fourth-order valence-electron chi connectivity index (χ4n) is 2.56. The maximum atomic E-state index is 5.77. The molecule has 2 aromatic rings. The van der Waals surface area contributed by atoms with Crippen LogP contribution in [0.5, 0.6) is 0 Å². The fraction of sp³-hybridized carbons (Fsp3) is 0.500. The first-order valence-corrected chi connectivity index (χ1v) is 7.88. The van der Waals surface area contributed by atoms with E-state index in [0.717, 1.165) is 33.5 Å². The molecule has 0 bridgehead atoms. The summed E-state index contributed by atoms with van der Waals surface area (Å²) in [5.41, 5.74) is 8.58. The van der Waals surface area contributed by atoms with Gasteiger partial charge in [0, 0.05) is 11.4 Å². The Morgan fingerprint density at radius 2 is 2.16 bits per heavy atom. The second-order valence-electron chi connectivity index (χ2n) is 5.15. The number of imidazole rings is 1. The Kier molecular flexibility index (Phi) is 3.94. The highest BCUT2D eigenvalue weighted by Crippen LogP contribution is 2.24. The molecule has 0 atom stereocenters. The monoisotopic (exact) mass is 276 g/mol. The zero-order valence-electron chi connectivity index (χ0n) is 11.0. The van der Waals surface area contributed by atoms with Crippen molar-refractivity contribution in [2.45, 2.75) is 24.4 Å². The number of nitrogens with zero attached hydrogens (tertiary/aromatic N) is 1. The molecule has 0 amide bonds. The lowest BCUT2D eigenvalue weighted by molar-refractivity contribution is 0.367. The number of nitrogens with one attached hydrogen (secondary N) is 2. The number of thioether (sulfide) groups is 1. The Morgan fingerprint density at radius 3 is 3.00 bits per heavy atom. The Balaban J connectivity index is 1.56. The number of H-pyrrole nitrogens is 1. The van der Waals surface area contributed by atoms with Crippen LogP contribution < -0.4 is 11.1 Å². The summed E-state index contributed by atoms with van der Waals surface area (Å²) < 4.78 is 0. The van der Waals surface area contributed by atoms with E-state index < -0.39 is 0 Å². The van der Waals surface area contributed by atoms with Crippen LogP contribution in [-0.2, 0) is 0 Å². The van der Waals surface area contributed by atoms with Gasteiger partial charge in [-0.2, -0.15) is 0 Å². The SMILES string of the molecule is Nc1ccc2nc(SCCC3CCNCC3)[nH]c2c1. The van der Waals surface area contributed by atoms with Crippen LogP contribution in [-0.4, -0.2) is 28.8 Å². The van der Waals surface area contributed by atoms with Gasteiger partial charge in [0.2, 0.25) is 0 Å². The zero-order valence-corrected chi connectivity index (χ0v) is 11.8. The van der Waals surface area contributed by atoms with E-state index in [4.69, 9.17) is 5.73 Å². The number of benzene rings is 1. The van der Waals surface area contributed by atoms with Gasteiger partial charge in [-0.25, -0.2) is 4.98 Å². The van der Waals surface area contributed by atoms with E-state index in [1.807, 2.05) is 30.0 Å². The summed E-state index contributed by atoms with van der Waals surface area (Å²) in [7, 11) is 0. The van der Waals surface area contributed by atoms with Gasteiger partial charge in [0.15, 0.2) is 5.16 Å². The van der Waals surface area contributed by atoms with E-state index in [9.17, 15) is 0 Å². The van der Waals surface area contributed by atoms with E-state index in [1.54, 1.807) is 0 Å². The molecule has 1 saturated heterocycles. The number of fused-ring (bicyclic) bond motifs is 1. The highest BCUT2D eigenvalue weighted by molar-refractivity contribution is 7.99. The lowest BCUT2D eigenvalue weighted by Crippen LogP contribution is -2.27. The number of hydrogen-bond donors (Lipinski definition) is 3. The van der Waals surface area contributed by atoms with E-state index in [-0.39, 0.29) is 0 Å². The van der Waals surface area contributed by atoms with Crippen molar-refractivity contribution in [2.24, 2.45) is 5.92 Å². The van der Waals surface area contributed by atoms with Crippen molar-refractivity contribution in [3.05, 3.63) is 18.2 Å². The number of aromatic amines is 1. The molecule has 2 heterocycles. The second kappa shape index (κ2) is 5.84. The van der Waals surface area contributed by atoms with Crippen molar-refractivity contribution in [1.29, 1.82) is 0 Å². The second-order valence-corrected chi connectivity index (χ2v) is 6.23. The molecular weight excluding hydrogens is 256 g/mol. The van der Waals surface area contributed by atoms with Crippen molar-refractivity contribution < 1.29 is 0 Å². The molecule has 4 N–H and O–H groups in total. The highest BCUT2D eigenvalue weighted by atomic mass is 32.2. The molecule has 1 aromatic heterocycles. The van der Waals surface area contributed by atoms with Crippen molar-refractivity contribution in [2.75, 3.05) is 24.6 Å². The Labute approximate surface area is 117 Å². The van der Waals surface area contributed by atoms with Gasteiger partial charge < -0.3 is 16.0 Å². The van der Waals surface area contributed by atoms with Crippen LogP contribution in [0.15, 0.2) is 23.4 Å². The first kappa shape index (κ1) is 12.8. The smallest absolute Gasteiger partial charge is 0.166 e. The minimum Gasteiger partial charge on any atom is -0.399 e. The predicted molar refractivity (Wildman–Crippen MR) is 81.4 cm³/mol. The van der Waals surface area contributed by atoms with Crippen molar-refractivity contribution in [1.82, 2.24) is 15.3 Å². The molecule has 0 unspecified atom stereocenters. The summed E-state index contributed by atoms with van der Waals surface area (Å²) in [4.78, 5) is 7.91. The predicted octanol–water partition coefficient (Wildman–Crippen LogP) is 2.63. The van der Waals surface area contributed by atoms with Crippen LogP contribution in [0.3, 0.4) is 0 Å². The first-order chi connectivity index (χ1) is 9.31. The molecule has 0 saturated carbocycles. The van der Waals surface area contributed by atoms with E-state index in [0.29, 0.717) is 0 Å². The lowest BCUT2D eigenvalue weighted by atomic mass is 9.96. The molecule has 0 aliphatic carbocycles. The molecule has 1 aromatic carbocycles. The third kappa shape index (κ3) is 3.22. The molecule has 1 aliphatic rings. The molecule has 0 spiro atoms. The van der Waals surface area contributed by atoms with Crippen molar-refractivity contribution in [3.8, 4) is 0 Å². The maximum absolute atomic E-state index is 5.77. The number of anilines is 1. The van der Waals surface area contributed by atoms with Gasteiger partial charge >= 0.3 is 0 Å². The lowest BCUT2D eigenvalue weighted by Gasteiger charge is -2.21. The van der Waals surface area contributed by atoms with Crippen molar-refractivity contribution in [3.63, 3.8) is 0 Å². The van der Waals surface area contributed by atoms with Crippen LogP contribution in [0.25, 0.3) is 11.0 Å². The molecule has 5 heteroatoms. The average Bonchev–Trinajstić information content (AvgIpc) is 2.82. The normalized spacial score (nSPS) is 17.1. The molecule has 3 rings (SSSR count). The molecule has 0 radical (unpaired) electrons. The van der Waals surface area contributed by atoms with Gasteiger partial charge in [0.25, 0.3) is 0 Å². The van der Waals surface area contributed by atoms with Gasteiger partial charge in [-0.3, -0.25) is 0 Å². The Bertz CT molecular complexity index is 545. The number of piperidine rings is 1. The summed E-state index contributed by atoms with van der Waals surface area (Å²) in [6.07, 6.45) is 3.92. The van der Waals surface area contributed by atoms with E-state index >= 15 is 0 Å². The molecule has 19 heavy (non-hydrogen) atoms. The molecule has 1 fully saturated rings. The van der Waals surface area contributed by atoms with Crippen molar-refractivity contribution >= 4 is 28.5 Å². The minimum atomic E-state index is 0.780. The van der Waals surface area contributed by atoms with E-state index in [1.165, 1.54) is 32.4 Å². The minimum absolute atomic E-state index is 0.780. The summed E-state index contributed by atoms with van der Waals surface area (Å²) >= 11 is 1.82. The third-order valence-electron chi connectivity index (χ3n) is 3.71. The molecule has 1 aliphatic heterocycles. The van der Waals surface area contributed by atoms with Crippen LogP contribution in [0, 0.1) is 5.92 Å². The van der Waals surface area contributed by atoms with Gasteiger partial charge in [-0.15, -0.1) is 0 Å². The number of nitrogen functional groups attached to an aromatic ring is 1. The number of hydrogen-bond acceptors (Lipinski definition) is 4. The van der Waals surface area contributed by atoms with E-state index in [2.05, 4.69) is 15.3 Å². The van der Waals surface area contributed by atoms with Gasteiger partial charge in [0.1, 0.15) is 0 Å². The Morgan fingerprint density at radius 1 is 1.32 bits per heavy atom. The summed E-state index contributed by atoms with van der Waals surface area (Å²) in [5, 5.41) is 4.42. The number of rotatable bonds is 4. The quantitative estimate of drug-likeness (QED) is 0.593. The molecule has 102 valence electrons. The summed E-state index contributed by atoms with van der Waals surface area (Å²) in [6, 6.07) is 5.81. The first-order valence-electron chi connectivity index (χ1n) is 6.90. The van der Waals surface area contributed by atoms with Crippen LogP contribution in [0.1, 0.15) is 19.3 Å². The van der Waals surface area contributed by atoms with Crippen LogP contribution in [0.2, 0.25) is 0 Å². The molecule has 4 nitrogen and oxygen atoms in total. The zero-order chi connectivity index (χ0) is 13.1. The highest BCUT2D eigenvalue weighted by Gasteiger charge is 2.13. The Hall–Kier alpha value is -1.20. The number of nitrogens with two attached hydrogens (primary N) is 1. The summed E-state index contributed by atoms with van der Waals surface area (Å²) in [5.74, 6) is 2.02. The topological polar surface area (TPSA) is 66.7 Å². The standard InChI is InChI=1S/C14H20N4S/c15-11-1-2-12-13(9-11)18-14(17-12)19-8-5-10-3-6-16-7-4-10/h1-2,9-10,16H,3-8,15H2,(H,17,18). The van der Waals surface area contributed by atoms with Crippen LogP contribution >= 0.6 is 11.8 Å². The average molecular weight is 276 g/mol. The van der Waals surface area contributed by atoms with Crippen LogP contribution in [0.4, 0.5) is 5.69 Å². The molecular formula is C14H20N4S. The largest absolute Gasteiger partial charge is 0.399 e. The van der Waals surface area contributed by atoms with Gasteiger partial charge in [0.05, 0.1) is 11.0 Å². The van der Waals surface area contributed by atoms with Gasteiger partial charge in [-0.05, 0) is 56.5 Å². The summed E-state index contributed by atoms with van der Waals surface area (Å²) in [6.45, 7) is 2.36.